The molecule has 0 aliphatic heterocycles. The van der Waals surface area contributed by atoms with E-state index in [2.05, 4.69) is 10.3 Å². The molecule has 23 heavy (non-hydrogen) atoms. The number of amides is 1. The van der Waals surface area contributed by atoms with Gasteiger partial charge in [-0.15, -0.1) is 0 Å². The number of fused-ring (bicyclic) bond motifs is 1. The van der Waals surface area contributed by atoms with Gasteiger partial charge in [0.05, 0.1) is 6.42 Å². The first-order valence-electron chi connectivity index (χ1n) is 7.38. The fraction of sp³-hybridized carbons (Fsp3) is 0.167. The Labute approximate surface area is 138 Å². The molecule has 0 bridgehead atoms. The van der Waals surface area contributed by atoms with Crippen LogP contribution in [0.15, 0.2) is 48.7 Å². The number of aromatic amines is 1. The van der Waals surface area contributed by atoms with Gasteiger partial charge in [-0.1, -0.05) is 23.7 Å². The van der Waals surface area contributed by atoms with Gasteiger partial charge in [0.2, 0.25) is 5.91 Å². The summed E-state index contributed by atoms with van der Waals surface area (Å²) in [6.07, 6.45) is 2.81. The number of halogens is 2. The summed E-state index contributed by atoms with van der Waals surface area (Å²) >= 11 is 6.02. The van der Waals surface area contributed by atoms with Gasteiger partial charge in [-0.2, -0.15) is 0 Å². The van der Waals surface area contributed by atoms with E-state index in [0.717, 1.165) is 16.5 Å². The number of hydrogen-bond acceptors (Lipinski definition) is 1. The molecule has 118 valence electrons. The lowest BCUT2D eigenvalue weighted by molar-refractivity contribution is -0.120. The molecule has 3 rings (SSSR count). The van der Waals surface area contributed by atoms with E-state index in [0.29, 0.717) is 23.6 Å². The van der Waals surface area contributed by atoms with Crippen LogP contribution in [0.3, 0.4) is 0 Å². The molecule has 0 aliphatic carbocycles. The SMILES string of the molecule is O=C(Cc1cccc(F)c1)NCCc1c[nH]c2ccc(Cl)cc12. The maximum Gasteiger partial charge on any atom is 0.224 e. The summed E-state index contributed by atoms with van der Waals surface area (Å²) in [7, 11) is 0. The van der Waals surface area contributed by atoms with Crippen LogP contribution < -0.4 is 5.32 Å². The highest BCUT2D eigenvalue weighted by atomic mass is 35.5. The van der Waals surface area contributed by atoms with Gasteiger partial charge >= 0.3 is 0 Å². The summed E-state index contributed by atoms with van der Waals surface area (Å²) in [5, 5.41) is 4.61. The summed E-state index contributed by atoms with van der Waals surface area (Å²) in [5.74, 6) is -0.445. The minimum Gasteiger partial charge on any atom is -0.361 e. The number of aromatic nitrogens is 1. The molecule has 0 unspecified atom stereocenters. The Hall–Kier alpha value is -2.33. The topological polar surface area (TPSA) is 44.9 Å². The van der Waals surface area contributed by atoms with Crippen molar-refractivity contribution in [2.24, 2.45) is 0 Å². The van der Waals surface area contributed by atoms with Gasteiger partial charge < -0.3 is 10.3 Å². The molecule has 3 nitrogen and oxygen atoms in total. The van der Waals surface area contributed by atoms with Crippen molar-refractivity contribution >= 4 is 28.4 Å². The molecule has 0 fully saturated rings. The Balaban J connectivity index is 1.56. The number of nitrogens with one attached hydrogen (secondary N) is 2. The highest BCUT2D eigenvalue weighted by Crippen LogP contribution is 2.22. The van der Waals surface area contributed by atoms with Crippen LogP contribution in [0.2, 0.25) is 5.02 Å². The van der Waals surface area contributed by atoms with Gasteiger partial charge in [-0.3, -0.25) is 4.79 Å². The second kappa shape index (κ2) is 6.84. The van der Waals surface area contributed by atoms with E-state index >= 15 is 0 Å². The molecule has 0 spiro atoms. The highest BCUT2D eigenvalue weighted by molar-refractivity contribution is 6.31. The monoisotopic (exact) mass is 330 g/mol. The molecule has 3 aromatic rings. The minimum atomic E-state index is -0.328. The van der Waals surface area contributed by atoms with Gasteiger partial charge in [-0.25, -0.2) is 4.39 Å². The first kappa shape index (κ1) is 15.6. The van der Waals surface area contributed by atoms with Crippen molar-refractivity contribution in [1.82, 2.24) is 10.3 Å². The summed E-state index contributed by atoms with van der Waals surface area (Å²) < 4.78 is 13.1. The molecule has 0 radical (unpaired) electrons. The average Bonchev–Trinajstić information content (AvgIpc) is 2.90. The van der Waals surface area contributed by atoms with Crippen molar-refractivity contribution in [3.8, 4) is 0 Å². The third-order valence-electron chi connectivity index (χ3n) is 3.70. The lowest BCUT2D eigenvalue weighted by atomic mass is 10.1. The van der Waals surface area contributed by atoms with E-state index in [1.807, 2.05) is 24.4 Å². The van der Waals surface area contributed by atoms with Gasteiger partial charge in [-0.05, 0) is 47.9 Å². The van der Waals surface area contributed by atoms with Gasteiger partial charge in [0.15, 0.2) is 0 Å². The largest absolute Gasteiger partial charge is 0.361 e. The van der Waals surface area contributed by atoms with E-state index in [1.165, 1.54) is 12.1 Å². The lowest BCUT2D eigenvalue weighted by Gasteiger charge is -2.05. The van der Waals surface area contributed by atoms with Crippen LogP contribution in [-0.4, -0.2) is 17.4 Å². The summed E-state index contributed by atoms with van der Waals surface area (Å²) in [6.45, 7) is 0.521. The lowest BCUT2D eigenvalue weighted by Crippen LogP contribution is -2.27. The molecule has 0 saturated carbocycles. The molecule has 0 atom stereocenters. The quantitative estimate of drug-likeness (QED) is 0.733. The zero-order valence-corrected chi connectivity index (χ0v) is 13.2. The van der Waals surface area contributed by atoms with Gasteiger partial charge in [0, 0.05) is 28.7 Å². The van der Waals surface area contributed by atoms with Crippen LogP contribution in [0.5, 0.6) is 0 Å². The van der Waals surface area contributed by atoms with Crippen LogP contribution in [0.25, 0.3) is 10.9 Å². The Morgan fingerprint density at radius 1 is 1.22 bits per heavy atom. The zero-order chi connectivity index (χ0) is 16.2. The zero-order valence-electron chi connectivity index (χ0n) is 12.4. The van der Waals surface area contributed by atoms with Crippen LogP contribution in [0.1, 0.15) is 11.1 Å². The van der Waals surface area contributed by atoms with E-state index < -0.39 is 0 Å². The molecule has 2 aromatic carbocycles. The second-order valence-corrected chi connectivity index (χ2v) is 5.85. The van der Waals surface area contributed by atoms with E-state index in [4.69, 9.17) is 11.6 Å². The Morgan fingerprint density at radius 3 is 2.91 bits per heavy atom. The summed E-state index contributed by atoms with van der Waals surface area (Å²) in [4.78, 5) is 15.1. The maximum atomic E-state index is 13.1. The highest BCUT2D eigenvalue weighted by Gasteiger charge is 2.07. The van der Waals surface area contributed by atoms with E-state index in [-0.39, 0.29) is 18.1 Å². The van der Waals surface area contributed by atoms with Gasteiger partial charge in [0.25, 0.3) is 0 Å². The standard InChI is InChI=1S/C18H16ClFN2O/c19-14-4-5-17-16(10-14)13(11-22-17)6-7-21-18(23)9-12-2-1-3-15(20)8-12/h1-5,8,10-11,22H,6-7,9H2,(H,21,23). The molecule has 1 amide bonds. The molecule has 1 heterocycles. The molecule has 0 saturated heterocycles. The molecular formula is C18H16ClFN2O. The van der Waals surface area contributed by atoms with Crippen LogP contribution in [0.4, 0.5) is 4.39 Å². The molecule has 2 N–H and O–H groups in total. The first-order valence-corrected chi connectivity index (χ1v) is 7.76. The number of carbonyl (C=O) groups is 1. The molecule has 1 aromatic heterocycles. The number of rotatable bonds is 5. The van der Waals surface area contributed by atoms with Crippen molar-refractivity contribution in [3.63, 3.8) is 0 Å². The number of benzene rings is 2. The van der Waals surface area contributed by atoms with E-state index in [1.54, 1.807) is 12.1 Å². The van der Waals surface area contributed by atoms with Crippen molar-refractivity contribution in [2.75, 3.05) is 6.54 Å². The fourth-order valence-electron chi connectivity index (χ4n) is 2.59. The minimum absolute atomic E-state index is 0.117. The van der Waals surface area contributed by atoms with Gasteiger partial charge in [0.1, 0.15) is 5.82 Å². The second-order valence-electron chi connectivity index (χ2n) is 5.41. The van der Waals surface area contributed by atoms with Crippen molar-refractivity contribution < 1.29 is 9.18 Å². The number of H-pyrrole nitrogens is 1. The predicted molar refractivity (Wildman–Crippen MR) is 90.1 cm³/mol. The normalized spacial score (nSPS) is 10.9. The van der Waals surface area contributed by atoms with Crippen molar-refractivity contribution in [3.05, 3.63) is 70.6 Å². The number of carbonyl (C=O) groups excluding carboxylic acids is 1. The van der Waals surface area contributed by atoms with Crippen LogP contribution >= 0.6 is 11.6 Å². The maximum absolute atomic E-state index is 13.1. The molecule has 0 aliphatic rings. The molecule has 5 heteroatoms. The fourth-order valence-corrected chi connectivity index (χ4v) is 2.76. The first-order chi connectivity index (χ1) is 11.1. The van der Waals surface area contributed by atoms with Crippen molar-refractivity contribution in [2.45, 2.75) is 12.8 Å². The van der Waals surface area contributed by atoms with Crippen LogP contribution in [-0.2, 0) is 17.6 Å². The number of hydrogen-bond donors (Lipinski definition) is 2. The third kappa shape index (κ3) is 3.90. The molecular weight excluding hydrogens is 315 g/mol. The average molecular weight is 331 g/mol. The van der Waals surface area contributed by atoms with Crippen LogP contribution in [0, 0.1) is 5.82 Å². The Morgan fingerprint density at radius 2 is 2.09 bits per heavy atom. The predicted octanol–water partition coefficient (Wildman–Crippen LogP) is 3.86. The third-order valence-corrected chi connectivity index (χ3v) is 3.93. The Bertz CT molecular complexity index is 844. The smallest absolute Gasteiger partial charge is 0.224 e. The van der Waals surface area contributed by atoms with E-state index in [9.17, 15) is 9.18 Å². The summed E-state index contributed by atoms with van der Waals surface area (Å²) in [6, 6.07) is 11.8. The Kier molecular flexibility index (Phi) is 4.63. The summed E-state index contributed by atoms with van der Waals surface area (Å²) in [5.41, 5.74) is 2.80. The van der Waals surface area contributed by atoms with Crippen molar-refractivity contribution in [1.29, 1.82) is 0 Å².